The van der Waals surface area contributed by atoms with E-state index in [4.69, 9.17) is 18.9 Å². The first-order valence-corrected chi connectivity index (χ1v) is 24.9. The summed E-state index contributed by atoms with van der Waals surface area (Å²) in [7, 11) is -4.61. The average Bonchev–Trinajstić information content (AvgIpc) is 3.21. The topological polar surface area (TPSA) is 186 Å². The van der Waals surface area contributed by atoms with Gasteiger partial charge in [0.15, 0.2) is 12.4 Å². The Kier molecular flexibility index (Phi) is 34.5. The van der Waals surface area contributed by atoms with Crippen LogP contribution in [0.2, 0.25) is 0 Å². The van der Waals surface area contributed by atoms with E-state index < -0.39 is 71.2 Å². The molecular weight excluding hydrogens is 789 g/mol. The van der Waals surface area contributed by atoms with Crippen molar-refractivity contribution in [2.45, 2.75) is 218 Å². The summed E-state index contributed by atoms with van der Waals surface area (Å²) in [6.07, 6.45) is 34.4. The van der Waals surface area contributed by atoms with Crippen LogP contribution in [0.25, 0.3) is 0 Å². The lowest BCUT2D eigenvalue weighted by atomic mass is 10.00. The third-order valence-electron chi connectivity index (χ3n) is 10.5. The highest BCUT2D eigenvalue weighted by atomic mass is 32.2. The predicted octanol–water partition coefficient (Wildman–Crippen LogP) is 9.56. The fourth-order valence-electron chi connectivity index (χ4n) is 6.92. The lowest BCUT2D eigenvalue weighted by Crippen LogP contribution is -2.60. The molecule has 6 atom stereocenters. The van der Waals surface area contributed by atoms with Gasteiger partial charge in [-0.25, -0.2) is 0 Å². The number of ether oxygens (including phenoxy) is 4. The van der Waals surface area contributed by atoms with Crippen LogP contribution < -0.4 is 0 Å². The Morgan fingerprint density at radius 3 is 1.57 bits per heavy atom. The summed E-state index contributed by atoms with van der Waals surface area (Å²) in [5.41, 5.74) is 0. The second-order valence-electron chi connectivity index (χ2n) is 16.1. The molecule has 1 saturated heterocycles. The van der Waals surface area contributed by atoms with Crippen LogP contribution in [0.15, 0.2) is 48.6 Å². The van der Waals surface area contributed by atoms with E-state index in [1.54, 1.807) is 0 Å². The maximum Gasteiger partial charge on any atom is 0.306 e. The van der Waals surface area contributed by atoms with E-state index in [1.807, 2.05) is 36.5 Å². The highest BCUT2D eigenvalue weighted by Crippen LogP contribution is 2.24. The minimum Gasteiger partial charge on any atom is -0.462 e. The van der Waals surface area contributed by atoms with Gasteiger partial charge in [0.2, 0.25) is 0 Å². The van der Waals surface area contributed by atoms with Gasteiger partial charge in [-0.05, 0) is 32.1 Å². The zero-order valence-corrected chi connectivity index (χ0v) is 37.9. The van der Waals surface area contributed by atoms with E-state index in [9.17, 15) is 37.9 Å². The quantitative estimate of drug-likeness (QED) is 0.0200. The second-order valence-corrected chi connectivity index (χ2v) is 17.6. The van der Waals surface area contributed by atoms with Crippen LogP contribution >= 0.6 is 0 Å². The first-order chi connectivity index (χ1) is 29.0. The first kappa shape index (κ1) is 55.6. The summed E-state index contributed by atoms with van der Waals surface area (Å²) in [4.78, 5) is 25.4. The number of rotatable bonds is 38. The molecule has 0 aliphatic carbocycles. The third kappa shape index (κ3) is 31.5. The van der Waals surface area contributed by atoms with Crippen LogP contribution in [-0.4, -0.2) is 96.0 Å². The molecule has 0 bridgehead atoms. The smallest absolute Gasteiger partial charge is 0.306 e. The SMILES string of the molecule is CC/C=C/C=C/C=C/C=C/CCCCCCCC(=O)O[C@H](COC(=O)CCCCCCCCCCCCCCCCCCC)CO[C@H]1O[C@H](CS(=O)(=O)O)[C@@H](O)C(O)C1O. The molecule has 0 amide bonds. The molecule has 0 aromatic rings. The number of carbonyl (C=O) groups excluding carboxylic acids is 2. The number of carbonyl (C=O) groups is 2. The molecule has 1 rings (SSSR count). The summed E-state index contributed by atoms with van der Waals surface area (Å²) >= 11 is 0. The molecule has 13 heteroatoms. The minimum atomic E-state index is -4.61. The Bertz CT molecular complexity index is 1300. The van der Waals surface area contributed by atoms with Crippen LogP contribution in [0.5, 0.6) is 0 Å². The van der Waals surface area contributed by atoms with Crippen molar-refractivity contribution in [3.05, 3.63) is 48.6 Å². The van der Waals surface area contributed by atoms with Gasteiger partial charge >= 0.3 is 11.9 Å². The van der Waals surface area contributed by atoms with Crippen LogP contribution in [0.1, 0.15) is 181 Å². The van der Waals surface area contributed by atoms with Crippen LogP contribution in [0, 0.1) is 0 Å². The Labute approximate surface area is 363 Å². The zero-order valence-electron chi connectivity index (χ0n) is 37.1. The van der Waals surface area contributed by atoms with Gasteiger partial charge in [-0.1, -0.05) is 184 Å². The van der Waals surface area contributed by atoms with Crippen molar-refractivity contribution in [2.24, 2.45) is 0 Å². The van der Waals surface area contributed by atoms with E-state index in [0.717, 1.165) is 57.8 Å². The van der Waals surface area contributed by atoms with Crippen molar-refractivity contribution in [2.75, 3.05) is 19.0 Å². The number of unbranched alkanes of at least 4 members (excludes halogenated alkanes) is 21. The van der Waals surface area contributed by atoms with Crippen molar-refractivity contribution in [1.82, 2.24) is 0 Å². The van der Waals surface area contributed by atoms with Crippen LogP contribution in [-0.2, 0) is 38.7 Å². The van der Waals surface area contributed by atoms with E-state index in [0.29, 0.717) is 12.8 Å². The summed E-state index contributed by atoms with van der Waals surface area (Å²) in [5, 5.41) is 30.9. The molecule has 12 nitrogen and oxygen atoms in total. The number of hydrogen-bond donors (Lipinski definition) is 4. The maximum absolute atomic E-state index is 12.8. The molecule has 1 aliphatic heterocycles. The van der Waals surface area contributed by atoms with Gasteiger partial charge in [-0.2, -0.15) is 8.42 Å². The number of aliphatic hydroxyl groups excluding tert-OH is 3. The number of hydrogen-bond acceptors (Lipinski definition) is 11. The van der Waals surface area contributed by atoms with Gasteiger partial charge in [0.1, 0.15) is 36.8 Å². The lowest BCUT2D eigenvalue weighted by Gasteiger charge is -2.40. The van der Waals surface area contributed by atoms with E-state index in [2.05, 4.69) is 26.0 Å². The van der Waals surface area contributed by atoms with Crippen molar-refractivity contribution < 1.29 is 56.8 Å². The van der Waals surface area contributed by atoms with Crippen LogP contribution in [0.3, 0.4) is 0 Å². The molecule has 2 unspecified atom stereocenters. The van der Waals surface area contributed by atoms with Crippen molar-refractivity contribution >= 4 is 22.1 Å². The fraction of sp³-hybridized carbons (Fsp3) is 0.787. The molecule has 0 aromatic carbocycles. The third-order valence-corrected chi connectivity index (χ3v) is 11.3. The maximum atomic E-state index is 12.8. The van der Waals surface area contributed by atoms with Gasteiger partial charge in [-0.15, -0.1) is 0 Å². The normalized spacial score (nSPS) is 20.5. The highest BCUT2D eigenvalue weighted by molar-refractivity contribution is 7.85. The van der Waals surface area contributed by atoms with Gasteiger partial charge < -0.3 is 34.3 Å². The Balaban J connectivity index is 2.44. The summed E-state index contributed by atoms with van der Waals surface area (Å²) in [6.45, 7) is 3.61. The predicted molar refractivity (Wildman–Crippen MR) is 238 cm³/mol. The van der Waals surface area contributed by atoms with Gasteiger partial charge in [0.25, 0.3) is 10.1 Å². The molecule has 1 aliphatic rings. The molecule has 0 saturated carbocycles. The highest BCUT2D eigenvalue weighted by Gasteiger charge is 2.46. The number of aliphatic hydroxyl groups is 3. The molecule has 0 aromatic heterocycles. The summed E-state index contributed by atoms with van der Waals surface area (Å²) in [5.74, 6) is -2.01. The molecule has 60 heavy (non-hydrogen) atoms. The van der Waals surface area contributed by atoms with E-state index >= 15 is 0 Å². The fourth-order valence-corrected chi connectivity index (χ4v) is 7.61. The van der Waals surface area contributed by atoms with E-state index in [-0.39, 0.29) is 19.4 Å². The zero-order chi connectivity index (χ0) is 44.1. The Morgan fingerprint density at radius 1 is 0.583 bits per heavy atom. The summed E-state index contributed by atoms with van der Waals surface area (Å²) in [6, 6.07) is 0. The Morgan fingerprint density at radius 2 is 1.05 bits per heavy atom. The molecule has 4 N–H and O–H groups in total. The van der Waals surface area contributed by atoms with Crippen molar-refractivity contribution in [1.29, 1.82) is 0 Å². The molecule has 0 radical (unpaired) electrons. The van der Waals surface area contributed by atoms with Crippen molar-refractivity contribution in [3.8, 4) is 0 Å². The molecule has 1 heterocycles. The van der Waals surface area contributed by atoms with Gasteiger partial charge in [-0.3, -0.25) is 14.1 Å². The number of esters is 2. The monoisotopic (exact) mass is 871 g/mol. The summed E-state index contributed by atoms with van der Waals surface area (Å²) < 4.78 is 54.1. The molecule has 1 fully saturated rings. The number of allylic oxidation sites excluding steroid dienone is 8. The molecular formula is C47H82O12S. The average molecular weight is 871 g/mol. The molecule has 348 valence electrons. The second kappa shape index (κ2) is 37.2. The van der Waals surface area contributed by atoms with Crippen LogP contribution in [0.4, 0.5) is 0 Å². The lowest BCUT2D eigenvalue weighted by molar-refractivity contribution is -0.297. The largest absolute Gasteiger partial charge is 0.462 e. The standard InChI is InChI=1S/C47H82O12S/c1-3-5-7-9-11-13-15-17-19-20-22-23-25-27-29-31-33-35-42(48)56-37-40(38-57-47-46(52)45(51)44(50)41(59-47)39-60(53,54)55)58-43(49)36-34-32-30-28-26-24-21-18-16-14-12-10-8-6-4-2/h6,8,10,12,14,16,18,21,40-41,44-47,50-52H,3-5,7,9,11,13,15,17,19-20,22-39H2,1-2H3,(H,53,54,55)/b8-6+,12-10+,16-14+,21-18+/t40-,41-,44-,45?,46?,47+/m1/s1. The minimum absolute atomic E-state index is 0.138. The van der Waals surface area contributed by atoms with Gasteiger partial charge in [0, 0.05) is 12.8 Å². The van der Waals surface area contributed by atoms with Crippen molar-refractivity contribution in [3.63, 3.8) is 0 Å². The Hall–Kier alpha value is -2.39. The van der Waals surface area contributed by atoms with E-state index in [1.165, 1.54) is 83.5 Å². The first-order valence-electron chi connectivity index (χ1n) is 23.2. The molecule has 0 spiro atoms. The van der Waals surface area contributed by atoms with Gasteiger partial charge in [0.05, 0.1) is 6.61 Å².